The number of allylic oxidation sites excluding steroid dienone is 2. The molecule has 0 radical (unpaired) electrons. The van der Waals surface area contributed by atoms with Gasteiger partial charge in [0.25, 0.3) is 0 Å². The highest BCUT2D eigenvalue weighted by Crippen LogP contribution is 2.68. The van der Waals surface area contributed by atoms with Crippen molar-refractivity contribution in [2.45, 2.75) is 91.1 Å². The van der Waals surface area contributed by atoms with Crippen LogP contribution in [0.2, 0.25) is 0 Å². The first-order chi connectivity index (χ1) is 15.2. The summed E-state index contributed by atoms with van der Waals surface area (Å²) < 4.78 is 0. The highest BCUT2D eigenvalue weighted by Gasteiger charge is 2.63. The first-order valence-corrected chi connectivity index (χ1v) is 13.1. The van der Waals surface area contributed by atoms with Crippen molar-refractivity contribution in [1.29, 1.82) is 0 Å². The highest BCUT2D eigenvalue weighted by atomic mass is 16.4. The minimum Gasteiger partial charge on any atom is -0.481 e. The molecule has 180 valence electrons. The molecule has 4 rings (SSSR count). The Morgan fingerprint density at radius 1 is 1.09 bits per heavy atom. The second kappa shape index (κ2) is 9.25. The fourth-order valence-electron chi connectivity index (χ4n) is 9.17. The van der Waals surface area contributed by atoms with Gasteiger partial charge in [0, 0.05) is 0 Å². The smallest absolute Gasteiger partial charge is 0.307 e. The maximum Gasteiger partial charge on any atom is 0.307 e. The fraction of sp³-hybridized carbons (Fsp3) is 0.821. The van der Waals surface area contributed by atoms with E-state index in [0.29, 0.717) is 29.1 Å². The molecule has 4 saturated carbocycles. The summed E-state index contributed by atoms with van der Waals surface area (Å²) >= 11 is 0. The SMILES string of the molecule is CC(C(=CC=CCO)CC(=O)O)[C@H]1CC[C@H]2C3CC[C@H]4CCCC[C@]4(C)C3C[C@H](O)[C@]12C. The van der Waals surface area contributed by atoms with Crippen molar-refractivity contribution in [2.75, 3.05) is 6.61 Å². The van der Waals surface area contributed by atoms with Crippen molar-refractivity contribution < 1.29 is 20.1 Å². The Morgan fingerprint density at radius 3 is 2.59 bits per heavy atom. The quantitative estimate of drug-likeness (QED) is 0.467. The van der Waals surface area contributed by atoms with E-state index in [1.165, 1.54) is 38.5 Å². The van der Waals surface area contributed by atoms with Gasteiger partial charge in [0.2, 0.25) is 0 Å². The van der Waals surface area contributed by atoms with Crippen LogP contribution in [0.4, 0.5) is 0 Å². The third-order valence-electron chi connectivity index (χ3n) is 10.9. The second-order valence-electron chi connectivity index (χ2n) is 11.9. The molecule has 9 atom stereocenters. The summed E-state index contributed by atoms with van der Waals surface area (Å²) in [5, 5.41) is 30.3. The molecular weight excluding hydrogens is 400 g/mol. The van der Waals surface area contributed by atoms with Crippen LogP contribution in [0.5, 0.6) is 0 Å². The lowest BCUT2D eigenvalue weighted by molar-refractivity contribution is -0.166. The van der Waals surface area contributed by atoms with Gasteiger partial charge >= 0.3 is 5.97 Å². The zero-order valence-electron chi connectivity index (χ0n) is 20.3. The molecule has 4 heteroatoms. The number of carboxylic acids is 1. The van der Waals surface area contributed by atoms with Crippen LogP contribution in [0.25, 0.3) is 0 Å². The maximum atomic E-state index is 11.7. The summed E-state index contributed by atoms with van der Waals surface area (Å²) in [7, 11) is 0. The summed E-state index contributed by atoms with van der Waals surface area (Å²) in [6.07, 6.45) is 16.3. The Labute approximate surface area is 194 Å². The van der Waals surface area contributed by atoms with Crippen LogP contribution >= 0.6 is 0 Å². The molecule has 4 aliphatic rings. The van der Waals surface area contributed by atoms with Gasteiger partial charge < -0.3 is 15.3 Å². The van der Waals surface area contributed by atoms with Gasteiger partial charge in [-0.2, -0.15) is 0 Å². The van der Waals surface area contributed by atoms with Gasteiger partial charge in [-0.25, -0.2) is 0 Å². The molecular formula is C28H44O4. The monoisotopic (exact) mass is 444 g/mol. The average Bonchev–Trinajstić information content (AvgIpc) is 3.11. The topological polar surface area (TPSA) is 77.8 Å². The van der Waals surface area contributed by atoms with E-state index >= 15 is 0 Å². The van der Waals surface area contributed by atoms with E-state index in [-0.39, 0.29) is 30.5 Å². The predicted molar refractivity (Wildman–Crippen MR) is 127 cm³/mol. The van der Waals surface area contributed by atoms with Gasteiger partial charge in [-0.15, -0.1) is 0 Å². The summed E-state index contributed by atoms with van der Waals surface area (Å²) in [6, 6.07) is 0. The molecule has 0 aliphatic heterocycles. The molecule has 32 heavy (non-hydrogen) atoms. The molecule has 4 nitrogen and oxygen atoms in total. The molecule has 0 amide bonds. The van der Waals surface area contributed by atoms with E-state index in [2.05, 4.69) is 20.8 Å². The van der Waals surface area contributed by atoms with Gasteiger partial charge in [0.15, 0.2) is 0 Å². The van der Waals surface area contributed by atoms with E-state index in [0.717, 1.165) is 30.8 Å². The van der Waals surface area contributed by atoms with Gasteiger partial charge in [-0.05, 0) is 91.3 Å². The third kappa shape index (κ3) is 3.90. The minimum atomic E-state index is -0.812. The van der Waals surface area contributed by atoms with Crippen LogP contribution in [0.15, 0.2) is 23.8 Å². The Hall–Kier alpha value is -1.13. The van der Waals surface area contributed by atoms with Gasteiger partial charge in [-0.1, -0.05) is 57.4 Å². The molecule has 0 spiro atoms. The lowest BCUT2D eigenvalue weighted by Crippen LogP contribution is -2.58. The van der Waals surface area contributed by atoms with E-state index in [1.807, 2.05) is 6.08 Å². The second-order valence-corrected chi connectivity index (χ2v) is 11.9. The standard InChI is InChI=1S/C28H44O4/c1-18(19(16-26(31)32)8-5-7-15-29)22-12-13-23-21-11-10-20-9-4-6-14-27(20,2)24(21)17-25(30)28(22,23)3/h5,7-8,18,20-25,29-30H,4,6,9-17H2,1-3H3,(H,31,32)/t18?,20-,21?,22-,23+,24?,25+,27+,28-/m1/s1. The van der Waals surface area contributed by atoms with Crippen molar-refractivity contribution in [3.05, 3.63) is 23.8 Å². The first kappa shape index (κ1) is 24.0. The number of hydrogen-bond acceptors (Lipinski definition) is 3. The van der Waals surface area contributed by atoms with Crippen LogP contribution < -0.4 is 0 Å². The van der Waals surface area contributed by atoms with E-state index in [9.17, 15) is 15.0 Å². The van der Waals surface area contributed by atoms with Crippen molar-refractivity contribution in [3.8, 4) is 0 Å². The van der Waals surface area contributed by atoms with Crippen molar-refractivity contribution >= 4 is 5.97 Å². The number of hydrogen-bond donors (Lipinski definition) is 3. The van der Waals surface area contributed by atoms with E-state index in [4.69, 9.17) is 5.11 Å². The summed E-state index contributed by atoms with van der Waals surface area (Å²) in [6.45, 7) is 6.98. The third-order valence-corrected chi connectivity index (χ3v) is 10.9. The largest absolute Gasteiger partial charge is 0.481 e. The number of carbonyl (C=O) groups is 1. The number of aliphatic carboxylic acids is 1. The number of aliphatic hydroxyl groups excluding tert-OH is 2. The lowest BCUT2D eigenvalue weighted by atomic mass is 9.44. The van der Waals surface area contributed by atoms with Gasteiger partial charge in [0.05, 0.1) is 19.1 Å². The van der Waals surface area contributed by atoms with Crippen molar-refractivity contribution in [1.82, 2.24) is 0 Å². The summed E-state index contributed by atoms with van der Waals surface area (Å²) in [5.74, 6) is 2.33. The fourth-order valence-corrected chi connectivity index (χ4v) is 9.17. The molecule has 4 aliphatic carbocycles. The molecule has 0 aromatic carbocycles. The van der Waals surface area contributed by atoms with E-state index in [1.54, 1.807) is 12.2 Å². The zero-order valence-corrected chi connectivity index (χ0v) is 20.3. The van der Waals surface area contributed by atoms with Gasteiger partial charge in [-0.3, -0.25) is 4.79 Å². The minimum absolute atomic E-state index is 0.0239. The van der Waals surface area contributed by atoms with Crippen LogP contribution in [-0.4, -0.2) is 34.0 Å². The van der Waals surface area contributed by atoms with Gasteiger partial charge in [0.1, 0.15) is 0 Å². The highest BCUT2D eigenvalue weighted by molar-refractivity contribution is 5.70. The Bertz CT molecular complexity index is 757. The molecule has 3 N–H and O–H groups in total. The molecule has 0 bridgehead atoms. The van der Waals surface area contributed by atoms with Crippen LogP contribution in [0.1, 0.15) is 85.0 Å². The number of fused-ring (bicyclic) bond motifs is 5. The number of rotatable bonds is 6. The number of aliphatic hydroxyl groups is 2. The lowest BCUT2D eigenvalue weighted by Gasteiger charge is -2.62. The van der Waals surface area contributed by atoms with Crippen molar-refractivity contribution in [3.63, 3.8) is 0 Å². The predicted octanol–water partition coefficient (Wildman–Crippen LogP) is 5.59. The molecule has 4 fully saturated rings. The molecule has 0 aromatic rings. The summed E-state index contributed by atoms with van der Waals surface area (Å²) in [4.78, 5) is 11.6. The Morgan fingerprint density at radius 2 is 1.88 bits per heavy atom. The normalized spacial score (nSPS) is 45.2. The Kier molecular flexibility index (Phi) is 6.94. The average molecular weight is 445 g/mol. The maximum absolute atomic E-state index is 11.7. The number of carboxylic acid groups (broad SMARTS) is 1. The molecule has 0 heterocycles. The van der Waals surface area contributed by atoms with E-state index < -0.39 is 5.97 Å². The van der Waals surface area contributed by atoms with Crippen LogP contribution in [-0.2, 0) is 4.79 Å². The first-order valence-electron chi connectivity index (χ1n) is 13.1. The molecule has 0 saturated heterocycles. The summed E-state index contributed by atoms with van der Waals surface area (Å²) in [5.41, 5.74) is 1.17. The molecule has 3 unspecified atom stereocenters. The zero-order chi connectivity index (χ0) is 23.1. The molecule has 0 aromatic heterocycles. The van der Waals surface area contributed by atoms with Crippen LogP contribution in [0.3, 0.4) is 0 Å². The van der Waals surface area contributed by atoms with Crippen LogP contribution in [0, 0.1) is 46.3 Å². The Balaban J connectivity index is 1.61. The van der Waals surface area contributed by atoms with Crippen molar-refractivity contribution in [2.24, 2.45) is 46.3 Å².